The first-order valence-electron chi connectivity index (χ1n) is 40.7. The Morgan fingerprint density at radius 1 is 0.421 bits per heavy atom. The minimum absolute atomic E-state index is 0.123. The summed E-state index contributed by atoms with van der Waals surface area (Å²) in [4.78, 5) is 111. The highest BCUT2D eigenvalue weighted by Crippen LogP contribution is 2.51. The molecule has 3 amide bonds. The van der Waals surface area contributed by atoms with E-state index in [0.29, 0.717) is 135 Å². The molecule has 18 rings (SSSR count). The Kier molecular flexibility index (Phi) is 24.9. The Hall–Kier alpha value is -11.2. The van der Waals surface area contributed by atoms with Gasteiger partial charge < -0.3 is 34.0 Å². The number of thioether (sulfide) groups is 3. The summed E-state index contributed by atoms with van der Waals surface area (Å²) in [6.07, 6.45) is 16.1. The van der Waals surface area contributed by atoms with Gasteiger partial charge in [0.15, 0.2) is 0 Å². The van der Waals surface area contributed by atoms with Crippen molar-refractivity contribution in [3.63, 3.8) is 0 Å². The van der Waals surface area contributed by atoms with Gasteiger partial charge in [-0.25, -0.2) is 50.4 Å². The lowest BCUT2D eigenvalue weighted by Crippen LogP contribution is -2.58. The van der Waals surface area contributed by atoms with Crippen molar-refractivity contribution in [2.45, 2.75) is 151 Å². The molecule has 6 aliphatic heterocycles. The number of aryl methyl sites for hydroxylation is 3. The Labute approximate surface area is 747 Å². The van der Waals surface area contributed by atoms with Gasteiger partial charge in [0.2, 0.25) is 17.7 Å². The fourth-order valence-electron chi connectivity index (χ4n) is 18.7. The smallest absolute Gasteiger partial charge is 0.350 e. The number of piperazine rings is 3. The van der Waals surface area contributed by atoms with Gasteiger partial charge in [0, 0.05) is 213 Å². The van der Waals surface area contributed by atoms with Crippen molar-refractivity contribution in [1.82, 2.24) is 77.7 Å². The van der Waals surface area contributed by atoms with Gasteiger partial charge in [-0.3, -0.25) is 32.8 Å². The van der Waals surface area contributed by atoms with Gasteiger partial charge in [0.1, 0.15) is 52.4 Å². The number of carbonyl (C=O) groups excluding carboxylic acids is 3. The normalized spacial score (nSPS) is 20.6. The first-order valence-corrected chi connectivity index (χ1v) is 44.8. The summed E-state index contributed by atoms with van der Waals surface area (Å²) in [5, 5.41) is 14.2. The van der Waals surface area contributed by atoms with Crippen molar-refractivity contribution in [2.75, 3.05) is 71.2 Å². The Bertz CT molecular complexity index is 5970. The Morgan fingerprint density at radius 3 is 1.06 bits per heavy atom. The van der Waals surface area contributed by atoms with E-state index in [1.165, 1.54) is 71.7 Å². The lowest BCUT2D eigenvalue weighted by atomic mass is 9.97. The third-order valence-corrected chi connectivity index (χ3v) is 28.7. The van der Waals surface area contributed by atoms with Crippen LogP contribution in [0.4, 0.5) is 43.8 Å². The number of carbonyl (C=O) groups is 3. The van der Waals surface area contributed by atoms with E-state index >= 15 is 13.2 Å². The number of aromatic nitrogens is 13. The summed E-state index contributed by atoms with van der Waals surface area (Å²) in [5.74, 6) is -1.99. The predicted octanol–water partition coefficient (Wildman–Crippen LogP) is 15.8. The van der Waals surface area contributed by atoms with E-state index in [4.69, 9.17) is 34.8 Å². The molecule has 3 saturated heterocycles. The number of hydrogen-bond acceptors (Lipinski definition) is 19. The molecule has 6 aromatic carbocycles. The molecule has 0 radical (unpaired) electrons. The molecule has 3 fully saturated rings. The molecule has 126 heavy (non-hydrogen) atoms. The highest BCUT2D eigenvalue weighted by molar-refractivity contribution is 8.00. The summed E-state index contributed by atoms with van der Waals surface area (Å²) >= 11 is 22.9. The van der Waals surface area contributed by atoms with E-state index in [-0.39, 0.29) is 110 Å². The zero-order valence-electron chi connectivity index (χ0n) is 69.9. The third kappa shape index (κ3) is 16.2. The quantitative estimate of drug-likeness (QED) is 0.0627. The molecular formula is C89H86Cl3F6N19O6S3. The molecule has 12 heterocycles. The zero-order valence-corrected chi connectivity index (χ0v) is 74.6. The zero-order chi connectivity index (χ0) is 89.6. The number of benzene rings is 6. The Balaban J connectivity index is 0.000000139. The number of rotatable bonds is 12. The van der Waals surface area contributed by atoms with E-state index in [0.717, 1.165) is 51.0 Å². The van der Waals surface area contributed by atoms with Gasteiger partial charge in [-0.1, -0.05) is 59.8 Å². The van der Waals surface area contributed by atoms with Crippen LogP contribution in [0.5, 0.6) is 0 Å². The molecule has 0 N–H and O–H groups in total. The summed E-state index contributed by atoms with van der Waals surface area (Å²) in [6, 6.07) is 12.4. The first kappa shape index (κ1) is 88.3. The maximum absolute atomic E-state index is 15.4. The number of halogens is 9. The van der Waals surface area contributed by atoms with Crippen molar-refractivity contribution in [3.05, 3.63) is 240 Å². The molecule has 6 aliphatic rings. The van der Waals surface area contributed by atoms with Gasteiger partial charge in [-0.05, 0) is 140 Å². The van der Waals surface area contributed by atoms with Crippen LogP contribution >= 0.6 is 70.1 Å². The predicted molar refractivity (Wildman–Crippen MR) is 482 cm³/mol. The van der Waals surface area contributed by atoms with E-state index < -0.39 is 52.0 Å². The molecule has 6 aromatic heterocycles. The second-order valence-corrected chi connectivity index (χ2v) is 36.8. The number of anilines is 3. The monoisotopic (exact) mass is 1830 g/mol. The summed E-state index contributed by atoms with van der Waals surface area (Å²) in [7, 11) is 0. The van der Waals surface area contributed by atoms with Gasteiger partial charge >= 0.3 is 17.1 Å². The molecule has 0 bridgehead atoms. The minimum atomic E-state index is -0.846. The molecule has 12 aromatic rings. The molecule has 37 heteroatoms. The second-order valence-electron chi connectivity index (χ2n) is 32.5. The van der Waals surface area contributed by atoms with E-state index in [1.54, 1.807) is 64.2 Å². The van der Waals surface area contributed by atoms with Crippen molar-refractivity contribution in [2.24, 2.45) is 0 Å². The number of nitrogens with zero attached hydrogens (tertiary/aromatic N) is 19. The number of hydrogen-bond donors (Lipinski definition) is 0. The first-order chi connectivity index (χ1) is 60.2. The highest BCUT2D eigenvalue weighted by atomic mass is 35.5. The fraction of sp³-hybridized carbons (Fsp3) is 0.337. The van der Waals surface area contributed by atoms with Crippen molar-refractivity contribution >= 4 is 138 Å². The second kappa shape index (κ2) is 35.6. The standard InChI is InChI=1S/2C30H29ClF2N6O2S.C29H28ClF2N7O2S/c1-5-25(40)39-17(3)11-37(12-18(39)4)29-21-8-16(2)26(20-9-22(31)24(33)10-23(20)32)28-27(21)38(30(41)35-29)13-19(14-42-28)36-7-6-34-15-36;1-5-25(40)39-17(3)12-36(13-18(39)4)29-21-9-16(2)26(20-10-22(31)24(33)11-23(20)32)28-27(21)37(30(41)35-29)14-19(15-42-28)38-8-6-7-34-38;1-5-24(40)39-16(3)11-36(12-17(39)4)28-20-8-15(2)25(19-9-21(30)23(32)10-22(19)31)27-26(20)37(29(41)34-28)13-18(14-42-27)38-7-6-33-35-38/h5-10,15,17-19H,1,11-14H2,2-4H3;5-11,17-19H,1,12-15H2,2-4H3;5-10,16-18H,1,11-14H2,2-4H3/t2*17-,18+,19?;16-,17+,18?. The lowest BCUT2D eigenvalue weighted by molar-refractivity contribution is -0.131. The van der Waals surface area contributed by atoms with Crippen LogP contribution in [0.15, 0.2) is 171 Å². The van der Waals surface area contributed by atoms with Crippen LogP contribution in [0, 0.1) is 55.7 Å². The van der Waals surface area contributed by atoms with E-state index in [9.17, 15) is 41.9 Å². The molecular weight excluding hydrogens is 1750 g/mol. The SMILES string of the molecule is C=CC(=O)N1[C@H](C)CN(c2nc(=O)n3c4c(c(-c5cc(Cl)c(F)cc5F)c(C)cc24)SCC(n2cccn2)C3)C[C@@H]1C.C=CC(=O)N1[C@H](C)CN(c2nc(=O)n3c4c(c(-c5cc(Cl)c(F)cc5F)c(C)cc24)SCC(n2ccnc2)C3)C[C@@H]1C.C=CC(=O)N1[C@H](C)CN(c2nc(=O)n3c4c(c(-c5cc(Cl)c(F)cc5F)c(C)cc24)SCC(n2ccnn2)C3)C[C@@H]1C. The Morgan fingerprint density at radius 2 is 0.754 bits per heavy atom. The largest absolute Gasteiger partial charge is 0.352 e. The molecule has 9 atom stereocenters. The lowest BCUT2D eigenvalue weighted by Gasteiger charge is -2.44. The molecule has 654 valence electrons. The van der Waals surface area contributed by atoms with Gasteiger partial charge in [0.05, 0.1) is 75.4 Å². The fourth-order valence-corrected chi connectivity index (χ4v) is 23.4. The molecule has 0 aliphatic carbocycles. The van der Waals surface area contributed by atoms with Crippen LogP contribution in [-0.2, 0) is 34.0 Å². The molecule has 3 unspecified atom stereocenters. The van der Waals surface area contributed by atoms with Crippen LogP contribution in [0.25, 0.3) is 66.1 Å². The average molecular weight is 1830 g/mol. The molecule has 0 saturated carbocycles. The summed E-state index contributed by atoms with van der Waals surface area (Å²) in [5.41, 5.74) is 4.91. The number of imidazole rings is 1. The van der Waals surface area contributed by atoms with Crippen molar-refractivity contribution in [3.8, 4) is 33.4 Å². The van der Waals surface area contributed by atoms with Crippen LogP contribution in [0.1, 0.15) is 76.4 Å². The summed E-state index contributed by atoms with van der Waals surface area (Å²) < 4.78 is 98.9. The van der Waals surface area contributed by atoms with Gasteiger partial charge in [-0.15, -0.1) is 40.4 Å². The highest BCUT2D eigenvalue weighted by Gasteiger charge is 2.41. The maximum atomic E-state index is 15.4. The van der Waals surface area contributed by atoms with E-state index in [2.05, 4.69) is 55.1 Å². The minimum Gasteiger partial charge on any atom is -0.352 e. The van der Waals surface area contributed by atoms with Gasteiger partial charge in [-0.2, -0.15) is 20.1 Å². The maximum Gasteiger partial charge on any atom is 0.350 e. The van der Waals surface area contributed by atoms with E-state index in [1.807, 2.05) is 123 Å². The van der Waals surface area contributed by atoms with Gasteiger partial charge in [0.25, 0.3) is 0 Å². The molecule has 0 spiro atoms. The van der Waals surface area contributed by atoms with Crippen LogP contribution in [-0.4, -0.2) is 188 Å². The average Bonchev–Trinajstić information content (AvgIpc) is 1.17. The number of amides is 3. The van der Waals surface area contributed by atoms with Crippen LogP contribution in [0.3, 0.4) is 0 Å². The topological polar surface area (TPSA) is 242 Å². The van der Waals surface area contributed by atoms with Crippen LogP contribution < -0.4 is 31.8 Å². The summed E-state index contributed by atoms with van der Waals surface area (Å²) in [6.45, 7) is 32.0. The third-order valence-electron chi connectivity index (χ3n) is 24.1. The van der Waals surface area contributed by atoms with Crippen molar-refractivity contribution < 1.29 is 40.7 Å². The van der Waals surface area contributed by atoms with Crippen LogP contribution in [0.2, 0.25) is 15.1 Å². The molecule has 25 nitrogen and oxygen atoms in total. The van der Waals surface area contributed by atoms with Crippen molar-refractivity contribution in [1.29, 1.82) is 0 Å².